The Kier molecular flexibility index (Phi) is 5.28. The van der Waals surface area contributed by atoms with Crippen molar-refractivity contribution in [2.24, 2.45) is 0 Å². The van der Waals surface area contributed by atoms with Gasteiger partial charge in [0.15, 0.2) is 0 Å². The van der Waals surface area contributed by atoms with E-state index in [0.29, 0.717) is 11.1 Å². The second-order valence-corrected chi connectivity index (χ2v) is 6.82. The van der Waals surface area contributed by atoms with Crippen LogP contribution < -0.4 is 5.32 Å². The quantitative estimate of drug-likeness (QED) is 0.590. The smallest absolute Gasteiger partial charge is 0.326 e. The molecule has 0 saturated heterocycles. The lowest BCUT2D eigenvalue weighted by molar-refractivity contribution is -0.139. The first kappa shape index (κ1) is 17.3. The molecule has 0 aliphatic carbocycles. The second kappa shape index (κ2) is 7.60. The van der Waals surface area contributed by atoms with Gasteiger partial charge in [0.1, 0.15) is 6.04 Å². The number of hydrogen-bond donors (Lipinski definition) is 2. The van der Waals surface area contributed by atoms with Crippen molar-refractivity contribution in [3.63, 3.8) is 0 Å². The number of fused-ring (bicyclic) bond motifs is 1. The molecule has 25 heavy (non-hydrogen) atoms. The highest BCUT2D eigenvalue weighted by molar-refractivity contribution is 14.1. The number of carboxylic acid groups (broad SMARTS) is 1. The summed E-state index contributed by atoms with van der Waals surface area (Å²) in [6, 6.07) is 15.5. The van der Waals surface area contributed by atoms with Crippen molar-refractivity contribution in [2.45, 2.75) is 12.5 Å². The van der Waals surface area contributed by atoms with Gasteiger partial charge in [-0.2, -0.15) is 0 Å². The van der Waals surface area contributed by atoms with Crippen molar-refractivity contribution in [2.75, 3.05) is 0 Å². The number of nitrogens with one attached hydrogen (secondary N) is 1. The first-order valence-corrected chi connectivity index (χ1v) is 8.74. The minimum atomic E-state index is -1.07. The summed E-state index contributed by atoms with van der Waals surface area (Å²) in [7, 11) is 0. The van der Waals surface area contributed by atoms with Gasteiger partial charge in [0.2, 0.25) is 0 Å². The zero-order valence-electron chi connectivity index (χ0n) is 13.1. The summed E-state index contributed by atoms with van der Waals surface area (Å²) in [6.45, 7) is 0. The molecule has 1 amide bonds. The minimum absolute atomic E-state index is 0.218. The number of hydrogen-bond acceptors (Lipinski definition) is 3. The minimum Gasteiger partial charge on any atom is -0.480 e. The van der Waals surface area contributed by atoms with E-state index in [9.17, 15) is 14.7 Å². The van der Waals surface area contributed by atoms with Gasteiger partial charge >= 0.3 is 5.97 Å². The molecular weight excluding hydrogens is 431 g/mol. The molecule has 0 radical (unpaired) electrons. The fraction of sp³-hybridized carbons (Fsp3) is 0.105. The van der Waals surface area contributed by atoms with Gasteiger partial charge in [0, 0.05) is 21.6 Å². The van der Waals surface area contributed by atoms with E-state index >= 15 is 0 Å². The third-order valence-electron chi connectivity index (χ3n) is 3.83. The summed E-state index contributed by atoms with van der Waals surface area (Å²) in [5.41, 5.74) is 1.78. The molecule has 0 saturated carbocycles. The summed E-state index contributed by atoms with van der Waals surface area (Å²) < 4.78 is 1.07. The van der Waals surface area contributed by atoms with E-state index in [1.807, 2.05) is 36.4 Å². The fourth-order valence-corrected chi connectivity index (χ4v) is 2.94. The van der Waals surface area contributed by atoms with Crippen LogP contribution in [0.5, 0.6) is 0 Å². The molecule has 2 N–H and O–H groups in total. The number of carbonyl (C=O) groups is 2. The molecule has 0 spiro atoms. The molecular formula is C19H15IN2O3. The number of benzene rings is 2. The third kappa shape index (κ3) is 4.14. The predicted molar refractivity (Wildman–Crippen MR) is 103 cm³/mol. The van der Waals surface area contributed by atoms with Gasteiger partial charge in [-0.05, 0) is 52.4 Å². The highest BCUT2D eigenvalue weighted by atomic mass is 127. The number of halogens is 1. The van der Waals surface area contributed by atoms with E-state index in [1.54, 1.807) is 24.4 Å². The zero-order chi connectivity index (χ0) is 17.8. The highest BCUT2D eigenvalue weighted by Gasteiger charge is 2.22. The molecule has 0 aliphatic rings. The molecule has 0 fully saturated rings. The Labute approximate surface area is 158 Å². The molecule has 6 heteroatoms. The molecule has 0 aliphatic heterocycles. The van der Waals surface area contributed by atoms with Crippen LogP contribution in [0.25, 0.3) is 10.9 Å². The van der Waals surface area contributed by atoms with Crippen molar-refractivity contribution < 1.29 is 14.7 Å². The predicted octanol–water partition coefficient (Wildman–Crippen LogP) is 3.27. The van der Waals surface area contributed by atoms with Crippen molar-refractivity contribution in [3.05, 3.63) is 75.5 Å². The number of para-hydroxylation sites is 1. The summed E-state index contributed by atoms with van der Waals surface area (Å²) in [4.78, 5) is 28.4. The highest BCUT2D eigenvalue weighted by Crippen LogP contribution is 2.16. The molecule has 3 aromatic rings. The van der Waals surface area contributed by atoms with Gasteiger partial charge in [-0.3, -0.25) is 9.78 Å². The standard InChI is InChI=1S/C19H15IN2O3/c20-14-8-6-12(7-9-14)11-16(19(24)25)22-18(23)15-5-1-3-13-4-2-10-21-17(13)15/h1-10,16H,11H2,(H,22,23)(H,24,25)/t16-/m0/s1. The van der Waals surface area contributed by atoms with Crippen LogP contribution in [0.2, 0.25) is 0 Å². The van der Waals surface area contributed by atoms with Crippen molar-refractivity contribution in [1.82, 2.24) is 10.3 Å². The van der Waals surface area contributed by atoms with E-state index in [2.05, 4.69) is 32.9 Å². The monoisotopic (exact) mass is 446 g/mol. The van der Waals surface area contributed by atoms with E-state index in [-0.39, 0.29) is 6.42 Å². The Balaban J connectivity index is 1.83. The van der Waals surface area contributed by atoms with Crippen LogP contribution in [-0.4, -0.2) is 28.0 Å². The van der Waals surface area contributed by atoms with Gasteiger partial charge in [0.05, 0.1) is 11.1 Å². The number of carbonyl (C=O) groups excluding carboxylic acids is 1. The van der Waals surface area contributed by atoms with Crippen LogP contribution in [-0.2, 0) is 11.2 Å². The Morgan fingerprint density at radius 1 is 1.08 bits per heavy atom. The largest absolute Gasteiger partial charge is 0.480 e. The molecule has 1 aromatic heterocycles. The summed E-state index contributed by atoms with van der Waals surface area (Å²) >= 11 is 2.19. The number of aromatic nitrogens is 1. The third-order valence-corrected chi connectivity index (χ3v) is 4.55. The summed E-state index contributed by atoms with van der Waals surface area (Å²) in [5, 5.41) is 12.9. The zero-order valence-corrected chi connectivity index (χ0v) is 15.3. The van der Waals surface area contributed by atoms with Gasteiger partial charge in [-0.15, -0.1) is 0 Å². The van der Waals surface area contributed by atoms with Gasteiger partial charge in [0.25, 0.3) is 5.91 Å². The summed E-state index contributed by atoms with van der Waals surface area (Å²) in [6.07, 6.45) is 1.83. The van der Waals surface area contributed by atoms with Crippen molar-refractivity contribution in [1.29, 1.82) is 0 Å². The van der Waals surface area contributed by atoms with Crippen LogP contribution in [0.1, 0.15) is 15.9 Å². The van der Waals surface area contributed by atoms with Gasteiger partial charge in [-0.1, -0.05) is 30.3 Å². The molecule has 1 atom stereocenters. The second-order valence-electron chi connectivity index (χ2n) is 5.58. The summed E-state index contributed by atoms with van der Waals surface area (Å²) in [5.74, 6) is -1.51. The SMILES string of the molecule is O=C(N[C@@H](Cc1ccc(I)cc1)C(=O)O)c1cccc2cccnc12. The molecule has 5 nitrogen and oxygen atoms in total. The van der Waals surface area contributed by atoms with Crippen molar-refractivity contribution >= 4 is 45.4 Å². The normalized spacial score (nSPS) is 11.9. The van der Waals surface area contributed by atoms with Crippen molar-refractivity contribution in [3.8, 4) is 0 Å². The number of rotatable bonds is 5. The van der Waals surface area contributed by atoms with E-state index in [1.165, 1.54) is 0 Å². The van der Waals surface area contributed by atoms with Crippen LogP contribution in [0.15, 0.2) is 60.8 Å². The number of aliphatic carboxylic acids is 1. The maximum atomic E-state index is 12.6. The van der Waals surface area contributed by atoms with Crippen LogP contribution in [0, 0.1) is 3.57 Å². The Hall–Kier alpha value is -2.48. The Morgan fingerprint density at radius 2 is 1.80 bits per heavy atom. The fourth-order valence-electron chi connectivity index (χ4n) is 2.58. The van der Waals surface area contributed by atoms with Crippen LogP contribution in [0.4, 0.5) is 0 Å². The number of carboxylic acids is 1. The number of amides is 1. The Bertz CT molecular complexity index is 920. The van der Waals surface area contributed by atoms with Crippen LogP contribution in [0.3, 0.4) is 0 Å². The number of pyridine rings is 1. The first-order chi connectivity index (χ1) is 12.0. The van der Waals surface area contributed by atoms with Crippen LogP contribution >= 0.6 is 22.6 Å². The van der Waals surface area contributed by atoms with Gasteiger partial charge in [-0.25, -0.2) is 4.79 Å². The molecule has 126 valence electrons. The van der Waals surface area contributed by atoms with E-state index in [4.69, 9.17) is 0 Å². The van der Waals surface area contributed by atoms with E-state index < -0.39 is 17.9 Å². The molecule has 0 unspecified atom stereocenters. The Morgan fingerprint density at radius 3 is 2.52 bits per heavy atom. The lowest BCUT2D eigenvalue weighted by Crippen LogP contribution is -2.42. The van der Waals surface area contributed by atoms with E-state index in [0.717, 1.165) is 14.5 Å². The average Bonchev–Trinajstić information content (AvgIpc) is 2.62. The lowest BCUT2D eigenvalue weighted by Gasteiger charge is -2.15. The molecule has 0 bridgehead atoms. The molecule has 3 rings (SSSR count). The maximum absolute atomic E-state index is 12.6. The molecule has 1 heterocycles. The average molecular weight is 446 g/mol. The van der Waals surface area contributed by atoms with Gasteiger partial charge < -0.3 is 10.4 Å². The maximum Gasteiger partial charge on any atom is 0.326 e. The topological polar surface area (TPSA) is 79.3 Å². The number of nitrogens with zero attached hydrogens (tertiary/aromatic N) is 1. The lowest BCUT2D eigenvalue weighted by atomic mass is 10.0. The molecule has 2 aromatic carbocycles. The first-order valence-electron chi connectivity index (χ1n) is 7.66.